The lowest BCUT2D eigenvalue weighted by molar-refractivity contribution is -0.133. The Morgan fingerprint density at radius 1 is 1.33 bits per heavy atom. The van der Waals surface area contributed by atoms with E-state index in [0.29, 0.717) is 37.6 Å². The minimum Gasteiger partial charge on any atom is -0.338 e. The zero-order valence-corrected chi connectivity index (χ0v) is 12.0. The van der Waals surface area contributed by atoms with Crippen LogP contribution in [-0.2, 0) is 14.6 Å². The summed E-state index contributed by atoms with van der Waals surface area (Å²) < 4.78 is 23.7. The summed E-state index contributed by atoms with van der Waals surface area (Å²) >= 11 is 5.61. The lowest BCUT2D eigenvalue weighted by atomic mass is 10.1. The number of sulfone groups is 1. The Morgan fingerprint density at radius 2 is 2.06 bits per heavy atom. The number of hydrogen-bond acceptors (Lipinski definition) is 3. The Morgan fingerprint density at radius 3 is 2.67 bits per heavy atom. The van der Waals surface area contributed by atoms with Gasteiger partial charge in [-0.2, -0.15) is 0 Å². The molecule has 0 aromatic rings. The monoisotopic (exact) mass is 293 g/mol. The van der Waals surface area contributed by atoms with E-state index in [-0.39, 0.29) is 23.5 Å². The topological polar surface area (TPSA) is 54.5 Å². The van der Waals surface area contributed by atoms with Gasteiger partial charge < -0.3 is 4.90 Å². The molecule has 1 saturated heterocycles. The molecule has 0 spiro atoms. The van der Waals surface area contributed by atoms with Gasteiger partial charge >= 0.3 is 0 Å². The minimum absolute atomic E-state index is 0.0738. The number of alkyl halides is 1. The summed E-state index contributed by atoms with van der Waals surface area (Å²) in [6.07, 6.45) is 3.78. The van der Waals surface area contributed by atoms with E-state index in [1.165, 1.54) is 0 Å². The summed E-state index contributed by atoms with van der Waals surface area (Å²) in [4.78, 5) is 14.0. The van der Waals surface area contributed by atoms with Crippen LogP contribution >= 0.6 is 11.6 Å². The van der Waals surface area contributed by atoms with Crippen molar-refractivity contribution < 1.29 is 13.2 Å². The zero-order chi connectivity index (χ0) is 13.2. The molecule has 1 heterocycles. The predicted molar refractivity (Wildman–Crippen MR) is 71.4 cm³/mol. The molecular formula is C12H20ClNO3S. The predicted octanol–water partition coefficient (Wildman–Crippen LogP) is 1.43. The maximum Gasteiger partial charge on any atom is 0.222 e. The number of carbonyl (C=O) groups is 1. The van der Waals surface area contributed by atoms with E-state index in [1.807, 2.05) is 4.90 Å². The van der Waals surface area contributed by atoms with E-state index in [4.69, 9.17) is 11.6 Å². The summed E-state index contributed by atoms with van der Waals surface area (Å²) in [6, 6.07) is -0.0830. The minimum atomic E-state index is -2.98. The second kappa shape index (κ2) is 5.78. The van der Waals surface area contributed by atoms with Gasteiger partial charge in [0, 0.05) is 24.9 Å². The van der Waals surface area contributed by atoms with Gasteiger partial charge in [0.05, 0.1) is 11.5 Å². The van der Waals surface area contributed by atoms with Crippen molar-refractivity contribution in [1.82, 2.24) is 4.90 Å². The molecule has 2 fully saturated rings. The van der Waals surface area contributed by atoms with Gasteiger partial charge in [-0.15, -0.1) is 11.6 Å². The van der Waals surface area contributed by atoms with Crippen molar-refractivity contribution in [2.45, 2.75) is 38.1 Å². The van der Waals surface area contributed by atoms with Crippen LogP contribution in [0.3, 0.4) is 0 Å². The Hall–Kier alpha value is -0.290. The fourth-order valence-corrected chi connectivity index (χ4v) is 4.44. The molecule has 1 aliphatic carbocycles. The molecule has 2 rings (SSSR count). The molecule has 104 valence electrons. The number of carbonyl (C=O) groups excluding carboxylic acids is 1. The van der Waals surface area contributed by atoms with E-state index in [9.17, 15) is 13.2 Å². The van der Waals surface area contributed by atoms with Crippen molar-refractivity contribution in [3.05, 3.63) is 0 Å². The smallest absolute Gasteiger partial charge is 0.222 e. The summed E-state index contributed by atoms with van der Waals surface area (Å²) in [5.41, 5.74) is 0. The summed E-state index contributed by atoms with van der Waals surface area (Å²) in [7, 11) is -2.98. The van der Waals surface area contributed by atoms with Crippen LogP contribution in [0.2, 0.25) is 0 Å². The fraction of sp³-hybridized carbons (Fsp3) is 0.917. The van der Waals surface area contributed by atoms with Crippen LogP contribution in [0.15, 0.2) is 0 Å². The Labute approximate surface area is 114 Å². The van der Waals surface area contributed by atoms with Crippen LogP contribution in [0.1, 0.15) is 32.1 Å². The summed E-state index contributed by atoms with van der Waals surface area (Å²) in [6.45, 7) is 0.585. The highest BCUT2D eigenvalue weighted by Gasteiger charge is 2.41. The molecule has 0 radical (unpaired) electrons. The SMILES string of the molecule is O=C(CCCCl)N1CCCS(=O)(=O)CC1C1CC1. The van der Waals surface area contributed by atoms with Crippen LogP contribution in [-0.4, -0.2) is 49.2 Å². The first-order valence-electron chi connectivity index (χ1n) is 6.59. The molecule has 1 saturated carbocycles. The quantitative estimate of drug-likeness (QED) is 0.737. The lowest BCUT2D eigenvalue weighted by Gasteiger charge is -2.29. The average Bonchev–Trinajstić information content (AvgIpc) is 3.12. The Bertz CT molecular complexity index is 406. The Kier molecular flexibility index (Phi) is 4.54. The lowest BCUT2D eigenvalue weighted by Crippen LogP contribution is -2.44. The van der Waals surface area contributed by atoms with E-state index in [1.54, 1.807) is 0 Å². The van der Waals surface area contributed by atoms with Gasteiger partial charge in [0.25, 0.3) is 0 Å². The van der Waals surface area contributed by atoms with Crippen molar-refractivity contribution in [3.8, 4) is 0 Å². The fourth-order valence-electron chi connectivity index (χ4n) is 2.60. The molecule has 0 aromatic carbocycles. The zero-order valence-electron chi connectivity index (χ0n) is 10.5. The van der Waals surface area contributed by atoms with Crippen molar-refractivity contribution in [2.24, 2.45) is 5.92 Å². The highest BCUT2D eigenvalue weighted by Crippen LogP contribution is 2.37. The molecule has 0 bridgehead atoms. The van der Waals surface area contributed by atoms with E-state index >= 15 is 0 Å². The molecule has 18 heavy (non-hydrogen) atoms. The van der Waals surface area contributed by atoms with Gasteiger partial charge in [-0.05, 0) is 31.6 Å². The van der Waals surface area contributed by atoms with Crippen LogP contribution in [0.5, 0.6) is 0 Å². The molecule has 0 aromatic heterocycles. The molecule has 1 unspecified atom stereocenters. The van der Waals surface area contributed by atoms with Gasteiger partial charge in [-0.3, -0.25) is 4.79 Å². The standard InChI is InChI=1S/C12H20ClNO3S/c13-6-1-3-12(15)14-7-2-8-18(16,17)9-11(14)10-4-5-10/h10-11H,1-9H2. The molecule has 6 heteroatoms. The van der Waals surface area contributed by atoms with E-state index in [2.05, 4.69) is 0 Å². The number of amides is 1. The van der Waals surface area contributed by atoms with Crippen LogP contribution < -0.4 is 0 Å². The maximum absolute atomic E-state index is 12.1. The van der Waals surface area contributed by atoms with Gasteiger partial charge in [-0.1, -0.05) is 0 Å². The third-order valence-corrected chi connectivity index (χ3v) is 5.72. The Balaban J connectivity index is 2.08. The van der Waals surface area contributed by atoms with Crippen molar-refractivity contribution in [2.75, 3.05) is 23.9 Å². The number of rotatable bonds is 4. The van der Waals surface area contributed by atoms with Crippen LogP contribution in [0, 0.1) is 5.92 Å². The van der Waals surface area contributed by atoms with E-state index in [0.717, 1.165) is 12.8 Å². The molecule has 4 nitrogen and oxygen atoms in total. The second-order valence-electron chi connectivity index (χ2n) is 5.25. The van der Waals surface area contributed by atoms with Crippen LogP contribution in [0.25, 0.3) is 0 Å². The third kappa shape index (κ3) is 3.60. The van der Waals surface area contributed by atoms with Gasteiger partial charge in [0.1, 0.15) is 0 Å². The highest BCUT2D eigenvalue weighted by molar-refractivity contribution is 7.91. The van der Waals surface area contributed by atoms with Gasteiger partial charge in [0.15, 0.2) is 9.84 Å². The summed E-state index contributed by atoms with van der Waals surface area (Å²) in [5.74, 6) is 1.33. The van der Waals surface area contributed by atoms with Crippen LogP contribution in [0.4, 0.5) is 0 Å². The molecule has 1 aliphatic heterocycles. The molecule has 0 N–H and O–H groups in total. The first-order valence-corrected chi connectivity index (χ1v) is 8.95. The molecule has 2 aliphatic rings. The van der Waals surface area contributed by atoms with Crippen molar-refractivity contribution in [1.29, 1.82) is 0 Å². The number of hydrogen-bond donors (Lipinski definition) is 0. The normalized spacial score (nSPS) is 27.8. The summed E-state index contributed by atoms with van der Waals surface area (Å²) in [5, 5.41) is 0. The van der Waals surface area contributed by atoms with E-state index < -0.39 is 9.84 Å². The van der Waals surface area contributed by atoms with Crippen molar-refractivity contribution >= 4 is 27.3 Å². The first-order chi connectivity index (χ1) is 8.53. The largest absolute Gasteiger partial charge is 0.338 e. The molecule has 1 amide bonds. The molecule has 1 atom stereocenters. The second-order valence-corrected chi connectivity index (χ2v) is 7.86. The maximum atomic E-state index is 12.1. The number of nitrogens with zero attached hydrogens (tertiary/aromatic N) is 1. The first kappa shape index (κ1) is 14.1. The van der Waals surface area contributed by atoms with Gasteiger partial charge in [-0.25, -0.2) is 8.42 Å². The average molecular weight is 294 g/mol. The van der Waals surface area contributed by atoms with Crippen molar-refractivity contribution in [3.63, 3.8) is 0 Å². The third-order valence-electron chi connectivity index (χ3n) is 3.69. The number of halogens is 1. The molecular weight excluding hydrogens is 274 g/mol. The highest BCUT2D eigenvalue weighted by atomic mass is 35.5. The van der Waals surface area contributed by atoms with Gasteiger partial charge in [0.2, 0.25) is 5.91 Å².